The van der Waals surface area contributed by atoms with Crippen molar-refractivity contribution in [1.29, 1.82) is 0 Å². The minimum absolute atomic E-state index is 0.000343. The van der Waals surface area contributed by atoms with Crippen LogP contribution in [0.3, 0.4) is 0 Å². The molecule has 0 amide bonds. The summed E-state index contributed by atoms with van der Waals surface area (Å²) in [6.45, 7) is 2.91. The minimum atomic E-state index is -0.449. The van der Waals surface area contributed by atoms with Crippen molar-refractivity contribution in [3.8, 4) is 0 Å². The van der Waals surface area contributed by atoms with E-state index < -0.39 is 4.92 Å². The van der Waals surface area contributed by atoms with Crippen LogP contribution in [0.5, 0.6) is 0 Å². The molecule has 0 bridgehead atoms. The number of hydrogen-bond donors (Lipinski definition) is 1. The van der Waals surface area contributed by atoms with Gasteiger partial charge in [0.2, 0.25) is 0 Å². The summed E-state index contributed by atoms with van der Waals surface area (Å²) in [6, 6.07) is 0. The van der Waals surface area contributed by atoms with Crippen molar-refractivity contribution in [2.75, 3.05) is 18.0 Å². The number of hydrogen-bond acceptors (Lipinski definition) is 5. The number of nitro groups is 1. The van der Waals surface area contributed by atoms with Crippen LogP contribution in [0.2, 0.25) is 0 Å². The predicted octanol–water partition coefficient (Wildman–Crippen LogP) is 1.63. The Kier molecular flexibility index (Phi) is 3.30. The van der Waals surface area contributed by atoms with Crippen LogP contribution in [0, 0.1) is 17.0 Å². The van der Waals surface area contributed by atoms with Crippen molar-refractivity contribution in [1.82, 2.24) is 4.98 Å². The molecular formula is C10H12BrN3O3. The van der Waals surface area contributed by atoms with E-state index in [9.17, 15) is 15.2 Å². The highest BCUT2D eigenvalue weighted by Gasteiger charge is 2.26. The standard InChI is InChI=1S/C10H12BrN3O3/c1-6-8(14(16)17)4-12-10(9(6)11)13-3-2-7(15)5-13/h4,7,15H,2-3,5H2,1H3/t7-/m1/s1. The van der Waals surface area contributed by atoms with Gasteiger partial charge in [-0.15, -0.1) is 0 Å². The lowest BCUT2D eigenvalue weighted by molar-refractivity contribution is -0.385. The molecule has 1 aliphatic heterocycles. The number of aliphatic hydroxyl groups excluding tert-OH is 1. The van der Waals surface area contributed by atoms with Crippen LogP contribution in [0.15, 0.2) is 10.7 Å². The first kappa shape index (κ1) is 12.3. The first-order valence-corrected chi connectivity index (χ1v) is 6.02. The lowest BCUT2D eigenvalue weighted by atomic mass is 10.2. The van der Waals surface area contributed by atoms with Crippen molar-refractivity contribution in [2.45, 2.75) is 19.4 Å². The average Bonchev–Trinajstić information content (AvgIpc) is 2.68. The van der Waals surface area contributed by atoms with E-state index >= 15 is 0 Å². The summed E-state index contributed by atoms with van der Waals surface area (Å²) in [5.74, 6) is 0.657. The first-order chi connectivity index (χ1) is 8.00. The largest absolute Gasteiger partial charge is 0.391 e. The molecule has 2 heterocycles. The maximum absolute atomic E-state index is 10.7. The van der Waals surface area contributed by atoms with Gasteiger partial charge in [0, 0.05) is 18.7 Å². The van der Waals surface area contributed by atoms with Gasteiger partial charge in [-0.2, -0.15) is 0 Å². The van der Waals surface area contributed by atoms with Gasteiger partial charge in [-0.1, -0.05) is 0 Å². The molecule has 0 aliphatic carbocycles. The molecule has 0 spiro atoms. The zero-order chi connectivity index (χ0) is 12.6. The molecule has 1 aliphatic rings. The Hall–Kier alpha value is -1.21. The Morgan fingerprint density at radius 2 is 2.41 bits per heavy atom. The molecule has 1 atom stereocenters. The van der Waals surface area contributed by atoms with Crippen LogP contribution in [-0.4, -0.2) is 34.2 Å². The van der Waals surface area contributed by atoms with Crippen LogP contribution in [0.4, 0.5) is 11.5 Å². The minimum Gasteiger partial charge on any atom is -0.391 e. The van der Waals surface area contributed by atoms with Crippen LogP contribution in [0.1, 0.15) is 12.0 Å². The Morgan fingerprint density at radius 1 is 1.71 bits per heavy atom. The molecule has 1 N–H and O–H groups in total. The summed E-state index contributed by atoms with van der Waals surface area (Å²) < 4.78 is 0.626. The molecule has 6 nitrogen and oxygen atoms in total. The number of aromatic nitrogens is 1. The number of anilines is 1. The molecule has 17 heavy (non-hydrogen) atoms. The van der Waals surface area contributed by atoms with Crippen LogP contribution >= 0.6 is 15.9 Å². The fourth-order valence-corrected chi connectivity index (χ4v) is 2.45. The molecule has 0 saturated carbocycles. The molecule has 1 fully saturated rings. The lowest BCUT2D eigenvalue weighted by Gasteiger charge is -2.18. The number of halogens is 1. The highest BCUT2D eigenvalue weighted by atomic mass is 79.9. The van der Waals surface area contributed by atoms with Gasteiger partial charge in [0.1, 0.15) is 12.0 Å². The Balaban J connectivity index is 2.37. The normalized spacial score (nSPS) is 19.7. The molecular weight excluding hydrogens is 290 g/mol. The van der Waals surface area contributed by atoms with Crippen molar-refractivity contribution < 1.29 is 10.0 Å². The third-order valence-corrected chi connectivity index (χ3v) is 3.83. The number of aliphatic hydroxyl groups is 1. The van der Waals surface area contributed by atoms with E-state index in [0.717, 1.165) is 0 Å². The molecule has 7 heteroatoms. The third kappa shape index (κ3) is 2.25. The van der Waals surface area contributed by atoms with E-state index in [0.29, 0.717) is 35.4 Å². The molecule has 0 unspecified atom stereocenters. The molecule has 1 aromatic rings. The highest BCUT2D eigenvalue weighted by molar-refractivity contribution is 9.10. The predicted molar refractivity (Wildman–Crippen MR) is 66.2 cm³/mol. The summed E-state index contributed by atoms with van der Waals surface area (Å²) >= 11 is 3.34. The molecule has 1 aromatic heterocycles. The summed E-state index contributed by atoms with van der Waals surface area (Å²) in [4.78, 5) is 16.3. The average molecular weight is 302 g/mol. The summed E-state index contributed by atoms with van der Waals surface area (Å²) in [5.41, 5.74) is 0.557. The SMILES string of the molecule is Cc1c([N+](=O)[O-])cnc(N2CC[C@@H](O)C2)c1Br. The van der Waals surface area contributed by atoms with Gasteiger partial charge in [0.05, 0.1) is 15.5 Å². The van der Waals surface area contributed by atoms with Crippen molar-refractivity contribution in [2.24, 2.45) is 0 Å². The van der Waals surface area contributed by atoms with E-state index in [4.69, 9.17) is 0 Å². The van der Waals surface area contributed by atoms with Crippen LogP contribution in [0.25, 0.3) is 0 Å². The van der Waals surface area contributed by atoms with Crippen molar-refractivity contribution >= 4 is 27.4 Å². The fraction of sp³-hybridized carbons (Fsp3) is 0.500. The molecule has 0 aromatic carbocycles. The van der Waals surface area contributed by atoms with Gasteiger partial charge in [-0.25, -0.2) is 4.98 Å². The topological polar surface area (TPSA) is 79.5 Å². The summed E-state index contributed by atoms with van der Waals surface area (Å²) in [6.07, 6.45) is 1.61. The van der Waals surface area contributed by atoms with E-state index in [-0.39, 0.29) is 11.8 Å². The van der Waals surface area contributed by atoms with E-state index in [1.54, 1.807) is 6.92 Å². The van der Waals surface area contributed by atoms with Gasteiger partial charge >= 0.3 is 0 Å². The highest BCUT2D eigenvalue weighted by Crippen LogP contribution is 2.34. The second-order valence-corrected chi connectivity index (χ2v) is 4.84. The Morgan fingerprint density at radius 3 is 2.94 bits per heavy atom. The number of pyridine rings is 1. The van der Waals surface area contributed by atoms with Gasteiger partial charge < -0.3 is 10.0 Å². The van der Waals surface area contributed by atoms with E-state index in [2.05, 4.69) is 20.9 Å². The lowest BCUT2D eigenvalue weighted by Crippen LogP contribution is -2.23. The third-order valence-electron chi connectivity index (χ3n) is 2.88. The summed E-state index contributed by atoms with van der Waals surface area (Å²) in [7, 11) is 0. The Bertz CT molecular complexity index is 466. The van der Waals surface area contributed by atoms with Crippen molar-refractivity contribution in [3.05, 3.63) is 26.3 Å². The van der Waals surface area contributed by atoms with Gasteiger partial charge in [0.15, 0.2) is 0 Å². The second-order valence-electron chi connectivity index (χ2n) is 4.05. The molecule has 0 radical (unpaired) electrons. The van der Waals surface area contributed by atoms with Crippen LogP contribution < -0.4 is 4.90 Å². The number of β-amino-alcohol motifs (C(OH)–C–C–N with tert-alkyl or cyclic N) is 1. The Labute approximate surface area is 107 Å². The van der Waals surface area contributed by atoms with Crippen LogP contribution in [-0.2, 0) is 0 Å². The second kappa shape index (κ2) is 4.58. The molecule has 2 rings (SSSR count). The maximum Gasteiger partial charge on any atom is 0.291 e. The zero-order valence-corrected chi connectivity index (χ0v) is 10.8. The first-order valence-electron chi connectivity index (χ1n) is 5.23. The number of rotatable bonds is 2. The van der Waals surface area contributed by atoms with Gasteiger partial charge in [-0.05, 0) is 29.3 Å². The smallest absolute Gasteiger partial charge is 0.291 e. The van der Waals surface area contributed by atoms with E-state index in [1.165, 1.54) is 6.20 Å². The molecule has 1 saturated heterocycles. The quantitative estimate of drug-likeness (QED) is 0.663. The van der Waals surface area contributed by atoms with Crippen molar-refractivity contribution in [3.63, 3.8) is 0 Å². The van der Waals surface area contributed by atoms with E-state index in [1.807, 2.05) is 4.90 Å². The van der Waals surface area contributed by atoms with Gasteiger partial charge in [0.25, 0.3) is 5.69 Å². The fourth-order valence-electron chi connectivity index (χ4n) is 1.89. The molecule has 92 valence electrons. The monoisotopic (exact) mass is 301 g/mol. The summed E-state index contributed by atoms with van der Waals surface area (Å²) in [5, 5.41) is 20.2. The van der Waals surface area contributed by atoms with Gasteiger partial charge in [-0.3, -0.25) is 10.1 Å². The zero-order valence-electron chi connectivity index (χ0n) is 9.26. The number of nitrogens with zero attached hydrogens (tertiary/aromatic N) is 3. The maximum atomic E-state index is 10.7.